The molecule has 176 valence electrons. The highest BCUT2D eigenvalue weighted by Gasteiger charge is 2.29. The molecule has 3 heterocycles. The Kier molecular flexibility index (Phi) is 6.52. The number of benzene rings is 1. The van der Waals surface area contributed by atoms with Gasteiger partial charge in [-0.1, -0.05) is 0 Å². The van der Waals surface area contributed by atoms with Crippen LogP contribution in [0.1, 0.15) is 56.9 Å². The highest BCUT2D eigenvalue weighted by molar-refractivity contribution is 7.99. The minimum absolute atomic E-state index is 0.0623. The molecule has 2 aromatic heterocycles. The van der Waals surface area contributed by atoms with Crippen LogP contribution >= 0.6 is 11.8 Å². The van der Waals surface area contributed by atoms with Crippen LogP contribution in [-0.2, 0) is 0 Å². The van der Waals surface area contributed by atoms with Crippen molar-refractivity contribution >= 4 is 28.7 Å². The van der Waals surface area contributed by atoms with Crippen molar-refractivity contribution in [3.8, 4) is 11.6 Å². The van der Waals surface area contributed by atoms with Crippen LogP contribution in [0.2, 0.25) is 0 Å². The average molecular weight is 473 g/mol. The maximum absolute atomic E-state index is 14.8. The Morgan fingerprint density at radius 2 is 2.00 bits per heavy atom. The SMILES string of the molecule is CCOc1cc(-n2c(=O)n(C(C)C)c3cc(C(=O)NC4(C)CCSCC4)ccc32)c(F)cn1. The van der Waals surface area contributed by atoms with Crippen LogP contribution in [0.15, 0.2) is 35.3 Å². The Morgan fingerprint density at radius 3 is 2.67 bits per heavy atom. The zero-order chi connectivity index (χ0) is 23.8. The monoisotopic (exact) mass is 472 g/mol. The highest BCUT2D eigenvalue weighted by Crippen LogP contribution is 2.28. The van der Waals surface area contributed by atoms with Gasteiger partial charge in [-0.15, -0.1) is 0 Å². The number of rotatable bonds is 6. The topological polar surface area (TPSA) is 78.1 Å². The van der Waals surface area contributed by atoms with Gasteiger partial charge in [0.1, 0.15) is 0 Å². The Labute approximate surface area is 196 Å². The van der Waals surface area contributed by atoms with E-state index in [1.54, 1.807) is 29.7 Å². The molecule has 0 atom stereocenters. The number of fused-ring (bicyclic) bond motifs is 1. The lowest BCUT2D eigenvalue weighted by molar-refractivity contribution is 0.0901. The lowest BCUT2D eigenvalue weighted by atomic mass is 9.94. The predicted octanol–water partition coefficient (Wildman–Crippen LogP) is 4.32. The van der Waals surface area contributed by atoms with Gasteiger partial charge in [-0.2, -0.15) is 11.8 Å². The van der Waals surface area contributed by atoms with E-state index in [4.69, 9.17) is 4.74 Å². The van der Waals surface area contributed by atoms with Gasteiger partial charge in [-0.3, -0.25) is 13.9 Å². The van der Waals surface area contributed by atoms with Gasteiger partial charge in [-0.05, 0) is 70.2 Å². The van der Waals surface area contributed by atoms with Crippen molar-refractivity contribution in [2.45, 2.75) is 52.1 Å². The Hall–Kier alpha value is -2.81. The van der Waals surface area contributed by atoms with Crippen LogP contribution in [0, 0.1) is 5.82 Å². The number of carbonyl (C=O) groups excluding carboxylic acids is 1. The van der Waals surface area contributed by atoms with E-state index in [0.29, 0.717) is 23.2 Å². The average Bonchev–Trinajstić information content (AvgIpc) is 3.06. The number of aromatic nitrogens is 3. The van der Waals surface area contributed by atoms with E-state index in [1.807, 2.05) is 25.6 Å². The molecule has 0 saturated carbocycles. The van der Waals surface area contributed by atoms with E-state index in [0.717, 1.165) is 30.5 Å². The molecule has 0 unspecified atom stereocenters. The molecular weight excluding hydrogens is 443 g/mol. The molecule has 1 amide bonds. The molecule has 1 aliphatic rings. The number of pyridine rings is 1. The van der Waals surface area contributed by atoms with Gasteiger partial charge in [0.25, 0.3) is 5.91 Å². The molecule has 33 heavy (non-hydrogen) atoms. The standard InChI is InChI=1S/C24H29FN4O3S/c1-5-32-21-13-19(17(25)14-26-21)29-18-7-6-16(12-20(18)28(15(2)3)23(29)31)22(30)27-24(4)8-10-33-11-9-24/h6-7,12-15H,5,8-11H2,1-4H3,(H,27,30). The van der Waals surface area contributed by atoms with Gasteiger partial charge in [0, 0.05) is 23.2 Å². The molecule has 1 saturated heterocycles. The van der Waals surface area contributed by atoms with E-state index < -0.39 is 5.82 Å². The first kappa shape index (κ1) is 23.4. The second kappa shape index (κ2) is 9.21. The Morgan fingerprint density at radius 1 is 1.27 bits per heavy atom. The van der Waals surface area contributed by atoms with Gasteiger partial charge < -0.3 is 10.1 Å². The normalized spacial score (nSPS) is 15.7. The number of nitrogens with one attached hydrogen (secondary N) is 1. The zero-order valence-electron chi connectivity index (χ0n) is 19.4. The van der Waals surface area contributed by atoms with Crippen molar-refractivity contribution < 1.29 is 13.9 Å². The molecule has 0 aliphatic carbocycles. The summed E-state index contributed by atoms with van der Waals surface area (Å²) in [4.78, 5) is 30.4. The molecule has 1 aliphatic heterocycles. The van der Waals surface area contributed by atoms with E-state index in [9.17, 15) is 14.0 Å². The molecule has 9 heteroatoms. The van der Waals surface area contributed by atoms with Crippen LogP contribution in [0.25, 0.3) is 16.7 Å². The van der Waals surface area contributed by atoms with Crippen molar-refractivity contribution in [3.05, 3.63) is 52.3 Å². The summed E-state index contributed by atoms with van der Waals surface area (Å²) in [5.41, 5.74) is 0.989. The summed E-state index contributed by atoms with van der Waals surface area (Å²) in [6.07, 6.45) is 2.89. The number of halogens is 1. The van der Waals surface area contributed by atoms with Crippen molar-refractivity contribution in [1.82, 2.24) is 19.4 Å². The van der Waals surface area contributed by atoms with Gasteiger partial charge in [0.15, 0.2) is 5.82 Å². The molecule has 4 rings (SSSR count). The Bertz CT molecular complexity index is 1240. The smallest absolute Gasteiger partial charge is 0.334 e. The number of thioether (sulfide) groups is 1. The van der Waals surface area contributed by atoms with Gasteiger partial charge >= 0.3 is 5.69 Å². The summed E-state index contributed by atoms with van der Waals surface area (Å²) in [5.74, 6) is 1.48. The van der Waals surface area contributed by atoms with E-state index >= 15 is 0 Å². The molecule has 1 fully saturated rings. The summed E-state index contributed by atoms with van der Waals surface area (Å²) in [6, 6.07) is 6.33. The van der Waals surface area contributed by atoms with Crippen molar-refractivity contribution in [2.75, 3.05) is 18.1 Å². The first-order chi connectivity index (χ1) is 15.7. The fourth-order valence-electron chi connectivity index (χ4n) is 4.19. The number of nitrogens with zero attached hydrogens (tertiary/aromatic N) is 3. The number of carbonyl (C=O) groups is 1. The van der Waals surface area contributed by atoms with Crippen LogP contribution in [0.5, 0.6) is 5.88 Å². The van der Waals surface area contributed by atoms with Gasteiger partial charge in [0.2, 0.25) is 5.88 Å². The fraction of sp³-hybridized carbons (Fsp3) is 0.458. The lowest BCUT2D eigenvalue weighted by Crippen LogP contribution is -2.48. The maximum atomic E-state index is 14.8. The highest BCUT2D eigenvalue weighted by atomic mass is 32.2. The molecule has 3 aromatic rings. The van der Waals surface area contributed by atoms with E-state index in [-0.39, 0.29) is 34.7 Å². The molecule has 1 aromatic carbocycles. The first-order valence-corrected chi connectivity index (χ1v) is 12.4. The second-order valence-electron chi connectivity index (χ2n) is 8.82. The summed E-state index contributed by atoms with van der Waals surface area (Å²) in [5, 5.41) is 3.18. The number of hydrogen-bond acceptors (Lipinski definition) is 5. The minimum Gasteiger partial charge on any atom is -0.478 e. The summed E-state index contributed by atoms with van der Waals surface area (Å²) in [6.45, 7) is 8.02. The maximum Gasteiger partial charge on any atom is 0.334 e. The van der Waals surface area contributed by atoms with Crippen molar-refractivity contribution in [2.24, 2.45) is 0 Å². The van der Waals surface area contributed by atoms with Gasteiger partial charge in [-0.25, -0.2) is 14.2 Å². The predicted molar refractivity (Wildman–Crippen MR) is 129 cm³/mol. The van der Waals surface area contributed by atoms with Crippen molar-refractivity contribution in [1.29, 1.82) is 0 Å². The molecule has 1 N–H and O–H groups in total. The summed E-state index contributed by atoms with van der Waals surface area (Å²) in [7, 11) is 0. The number of ether oxygens (including phenoxy) is 1. The fourth-order valence-corrected chi connectivity index (χ4v) is 5.59. The summed E-state index contributed by atoms with van der Waals surface area (Å²) < 4.78 is 23.1. The molecule has 0 radical (unpaired) electrons. The Balaban J connectivity index is 1.82. The van der Waals surface area contributed by atoms with Crippen LogP contribution in [0.4, 0.5) is 4.39 Å². The quantitative estimate of drug-likeness (QED) is 0.578. The molecular formula is C24H29FN4O3S. The van der Waals surface area contributed by atoms with E-state index in [2.05, 4.69) is 17.2 Å². The lowest BCUT2D eigenvalue weighted by Gasteiger charge is -2.34. The minimum atomic E-state index is -0.631. The first-order valence-electron chi connectivity index (χ1n) is 11.2. The second-order valence-corrected chi connectivity index (χ2v) is 10.0. The van der Waals surface area contributed by atoms with Crippen LogP contribution < -0.4 is 15.7 Å². The number of hydrogen-bond donors (Lipinski definition) is 1. The molecule has 0 bridgehead atoms. The third-order valence-electron chi connectivity index (χ3n) is 6.01. The van der Waals surface area contributed by atoms with Crippen molar-refractivity contribution in [3.63, 3.8) is 0 Å². The third kappa shape index (κ3) is 4.51. The third-order valence-corrected chi connectivity index (χ3v) is 6.99. The summed E-state index contributed by atoms with van der Waals surface area (Å²) >= 11 is 1.90. The molecule has 7 nitrogen and oxygen atoms in total. The van der Waals surface area contributed by atoms with E-state index in [1.165, 1.54) is 10.6 Å². The largest absolute Gasteiger partial charge is 0.478 e. The number of amides is 1. The van der Waals surface area contributed by atoms with Gasteiger partial charge in [0.05, 0.1) is 29.5 Å². The van der Waals surface area contributed by atoms with Crippen LogP contribution in [0.3, 0.4) is 0 Å². The zero-order valence-corrected chi connectivity index (χ0v) is 20.2. The number of imidazole rings is 1. The van der Waals surface area contributed by atoms with Crippen LogP contribution in [-0.4, -0.2) is 43.7 Å². The molecule has 0 spiro atoms.